The third-order valence-electron chi connectivity index (χ3n) is 6.26. The van der Waals surface area contributed by atoms with Crippen molar-refractivity contribution in [2.75, 3.05) is 0 Å². The molecule has 1 heterocycles. The fourth-order valence-corrected chi connectivity index (χ4v) is 4.89. The Morgan fingerprint density at radius 1 is 0.750 bits per heavy atom. The Labute approximate surface area is 225 Å². The first-order chi connectivity index (χ1) is 17.4. The average molecular weight is 529 g/mol. The highest BCUT2D eigenvalue weighted by Gasteiger charge is 2.42. The van der Waals surface area contributed by atoms with Crippen LogP contribution in [0.15, 0.2) is 115 Å². The lowest BCUT2D eigenvalue weighted by Crippen LogP contribution is -2.45. The van der Waals surface area contributed by atoms with E-state index in [1.165, 1.54) is 0 Å². The van der Waals surface area contributed by atoms with Crippen LogP contribution in [0.1, 0.15) is 28.4 Å². The number of aliphatic hydroxyl groups is 1. The zero-order chi connectivity index (χ0) is 25.1. The second kappa shape index (κ2) is 10.4. The van der Waals surface area contributed by atoms with Gasteiger partial charge in [-0.3, -0.25) is 4.98 Å². The van der Waals surface area contributed by atoms with Crippen molar-refractivity contribution >= 4 is 51.2 Å². The highest BCUT2D eigenvalue weighted by Crippen LogP contribution is 2.41. The standard InChI is InChI=1S/C30H22Cl2N2OS/c31-25-14-10-23(11-15-25)30(35,24-12-16-26(32)17-13-24)28(27-7-3-4-18-33-27)34-29(36)22-9-8-20-5-1-2-6-21(20)19-22/h1-19,28,35H,(H,34,36). The average Bonchev–Trinajstić information content (AvgIpc) is 2.92. The van der Waals surface area contributed by atoms with Crippen LogP contribution in [-0.2, 0) is 5.60 Å². The summed E-state index contributed by atoms with van der Waals surface area (Å²) in [7, 11) is 0. The molecule has 0 radical (unpaired) electrons. The van der Waals surface area contributed by atoms with Crippen LogP contribution < -0.4 is 5.32 Å². The number of rotatable bonds is 6. The van der Waals surface area contributed by atoms with Crippen LogP contribution in [0.2, 0.25) is 10.0 Å². The summed E-state index contributed by atoms with van der Waals surface area (Å²) in [5.74, 6) is 0. The fraction of sp³-hybridized carbons (Fsp3) is 0.0667. The molecule has 4 aromatic carbocycles. The lowest BCUT2D eigenvalue weighted by molar-refractivity contribution is 0.0424. The zero-order valence-electron chi connectivity index (χ0n) is 19.1. The molecule has 5 aromatic rings. The molecular weight excluding hydrogens is 507 g/mol. The van der Waals surface area contributed by atoms with E-state index in [-0.39, 0.29) is 0 Å². The molecule has 178 valence electrons. The first kappa shape index (κ1) is 24.4. The van der Waals surface area contributed by atoms with E-state index in [1.807, 2.05) is 72.8 Å². The van der Waals surface area contributed by atoms with Crippen LogP contribution in [0.5, 0.6) is 0 Å². The molecule has 0 amide bonds. The molecule has 6 heteroatoms. The van der Waals surface area contributed by atoms with Crippen LogP contribution in [0.4, 0.5) is 0 Å². The lowest BCUT2D eigenvalue weighted by Gasteiger charge is -2.38. The monoisotopic (exact) mass is 528 g/mol. The summed E-state index contributed by atoms with van der Waals surface area (Å²) in [6, 6.07) is 33.4. The van der Waals surface area contributed by atoms with Crippen LogP contribution in [0.25, 0.3) is 10.8 Å². The molecule has 0 aliphatic carbocycles. The molecule has 0 saturated carbocycles. The van der Waals surface area contributed by atoms with Gasteiger partial charge in [-0.2, -0.15) is 0 Å². The van der Waals surface area contributed by atoms with Gasteiger partial charge in [0.1, 0.15) is 16.6 Å². The van der Waals surface area contributed by atoms with Crippen molar-refractivity contribution < 1.29 is 5.11 Å². The normalized spacial score (nSPS) is 12.3. The SMILES string of the molecule is OC(c1ccc(Cl)cc1)(c1ccc(Cl)cc1)C(NC(=S)c1ccc2ccccc2c1)c1ccccn1. The maximum Gasteiger partial charge on any atom is 0.140 e. The van der Waals surface area contributed by atoms with Gasteiger partial charge in [-0.25, -0.2) is 0 Å². The number of benzene rings is 4. The maximum absolute atomic E-state index is 12.6. The number of nitrogens with zero attached hydrogens (tertiary/aromatic N) is 1. The molecule has 5 rings (SSSR count). The second-order valence-corrected chi connectivity index (χ2v) is 9.78. The summed E-state index contributed by atoms with van der Waals surface area (Å²) >= 11 is 18.3. The van der Waals surface area contributed by atoms with Gasteiger partial charge in [0, 0.05) is 21.8 Å². The highest BCUT2D eigenvalue weighted by atomic mass is 35.5. The molecule has 1 aromatic heterocycles. The van der Waals surface area contributed by atoms with Crippen LogP contribution in [-0.4, -0.2) is 15.1 Å². The number of nitrogens with one attached hydrogen (secondary N) is 1. The van der Waals surface area contributed by atoms with Gasteiger partial charge in [-0.05, 0) is 64.4 Å². The number of hydrogen-bond acceptors (Lipinski definition) is 3. The predicted molar refractivity (Wildman–Crippen MR) is 152 cm³/mol. The second-order valence-electron chi connectivity index (χ2n) is 8.50. The highest BCUT2D eigenvalue weighted by molar-refractivity contribution is 7.80. The van der Waals surface area contributed by atoms with E-state index in [2.05, 4.69) is 22.4 Å². The van der Waals surface area contributed by atoms with E-state index in [4.69, 9.17) is 35.4 Å². The Morgan fingerprint density at radius 2 is 1.33 bits per heavy atom. The molecule has 1 atom stereocenters. The van der Waals surface area contributed by atoms with Crippen molar-refractivity contribution in [2.45, 2.75) is 11.6 Å². The number of fused-ring (bicyclic) bond motifs is 1. The van der Waals surface area contributed by atoms with Gasteiger partial charge in [0.15, 0.2) is 0 Å². The molecule has 0 aliphatic rings. The van der Waals surface area contributed by atoms with E-state index >= 15 is 0 Å². The Hall–Kier alpha value is -3.28. The fourth-order valence-electron chi connectivity index (χ4n) is 4.39. The van der Waals surface area contributed by atoms with Gasteiger partial charge in [0.05, 0.1) is 5.69 Å². The number of aromatic nitrogens is 1. The molecule has 2 N–H and O–H groups in total. The van der Waals surface area contributed by atoms with E-state index in [0.29, 0.717) is 31.9 Å². The van der Waals surface area contributed by atoms with E-state index in [1.54, 1.807) is 30.5 Å². The molecule has 1 unspecified atom stereocenters. The summed E-state index contributed by atoms with van der Waals surface area (Å²) in [6.07, 6.45) is 1.70. The van der Waals surface area contributed by atoms with Crippen LogP contribution >= 0.6 is 35.4 Å². The molecule has 0 spiro atoms. The van der Waals surface area contributed by atoms with E-state index < -0.39 is 11.6 Å². The number of hydrogen-bond donors (Lipinski definition) is 2. The van der Waals surface area contributed by atoms with Gasteiger partial charge >= 0.3 is 0 Å². The van der Waals surface area contributed by atoms with Crippen molar-refractivity contribution in [2.24, 2.45) is 0 Å². The minimum absolute atomic E-state index is 0.498. The Balaban J connectivity index is 1.64. The van der Waals surface area contributed by atoms with Crippen molar-refractivity contribution in [1.29, 1.82) is 0 Å². The Morgan fingerprint density at radius 3 is 1.92 bits per heavy atom. The molecule has 0 saturated heterocycles. The molecule has 36 heavy (non-hydrogen) atoms. The third-order valence-corrected chi connectivity index (χ3v) is 7.11. The molecule has 0 fully saturated rings. The van der Waals surface area contributed by atoms with Crippen molar-refractivity contribution in [3.05, 3.63) is 148 Å². The quantitative estimate of drug-likeness (QED) is 0.224. The minimum atomic E-state index is -1.55. The van der Waals surface area contributed by atoms with E-state index in [9.17, 15) is 5.11 Å². The topological polar surface area (TPSA) is 45.1 Å². The van der Waals surface area contributed by atoms with Gasteiger partial charge in [0.25, 0.3) is 0 Å². The van der Waals surface area contributed by atoms with Gasteiger partial charge < -0.3 is 10.4 Å². The first-order valence-corrected chi connectivity index (χ1v) is 12.6. The molecule has 0 bridgehead atoms. The van der Waals surface area contributed by atoms with Crippen molar-refractivity contribution in [1.82, 2.24) is 10.3 Å². The smallest absolute Gasteiger partial charge is 0.140 e. The van der Waals surface area contributed by atoms with Crippen LogP contribution in [0, 0.1) is 0 Å². The van der Waals surface area contributed by atoms with Crippen LogP contribution in [0.3, 0.4) is 0 Å². The molecular formula is C30H22Cl2N2OS. The summed E-state index contributed by atoms with van der Waals surface area (Å²) in [5.41, 5.74) is 1.20. The minimum Gasteiger partial charge on any atom is -0.378 e. The maximum atomic E-state index is 12.6. The number of pyridine rings is 1. The van der Waals surface area contributed by atoms with Gasteiger partial charge in [-0.15, -0.1) is 0 Å². The number of halogens is 2. The molecule has 3 nitrogen and oxygen atoms in total. The first-order valence-electron chi connectivity index (χ1n) is 11.4. The zero-order valence-corrected chi connectivity index (χ0v) is 21.4. The Bertz CT molecular complexity index is 1460. The summed E-state index contributed by atoms with van der Waals surface area (Å²) in [6.45, 7) is 0. The van der Waals surface area contributed by atoms with Gasteiger partial charge in [-0.1, -0.05) is 102 Å². The van der Waals surface area contributed by atoms with E-state index in [0.717, 1.165) is 16.3 Å². The number of thiocarbonyl (C=S) groups is 1. The van der Waals surface area contributed by atoms with Crippen molar-refractivity contribution in [3.8, 4) is 0 Å². The summed E-state index contributed by atoms with van der Waals surface area (Å²) < 4.78 is 0. The predicted octanol–water partition coefficient (Wildman–Crippen LogP) is 7.48. The Kier molecular flexibility index (Phi) is 7.04. The lowest BCUT2D eigenvalue weighted by atomic mass is 9.78. The molecule has 0 aliphatic heterocycles. The van der Waals surface area contributed by atoms with Gasteiger partial charge in [0.2, 0.25) is 0 Å². The third kappa shape index (κ3) is 4.86. The largest absolute Gasteiger partial charge is 0.378 e. The summed E-state index contributed by atoms with van der Waals surface area (Å²) in [5, 5.41) is 19.4. The van der Waals surface area contributed by atoms with Crippen molar-refractivity contribution in [3.63, 3.8) is 0 Å². The summed E-state index contributed by atoms with van der Waals surface area (Å²) in [4.78, 5) is 5.09.